The van der Waals surface area contributed by atoms with Crippen molar-refractivity contribution in [2.75, 3.05) is 7.05 Å². The maximum atomic E-state index is 12.5. The highest BCUT2D eigenvalue weighted by Gasteiger charge is 2.40. The van der Waals surface area contributed by atoms with E-state index in [-0.39, 0.29) is 5.92 Å². The minimum absolute atomic E-state index is 0.268. The third-order valence-corrected chi connectivity index (χ3v) is 5.01. The molecule has 0 spiro atoms. The first-order valence-electron chi connectivity index (χ1n) is 7.28. The van der Waals surface area contributed by atoms with Gasteiger partial charge in [-0.15, -0.1) is 0 Å². The van der Waals surface area contributed by atoms with Gasteiger partial charge in [-0.1, -0.05) is 0 Å². The highest BCUT2D eigenvalue weighted by Crippen LogP contribution is 2.38. The van der Waals surface area contributed by atoms with Gasteiger partial charge in [-0.25, -0.2) is 0 Å². The van der Waals surface area contributed by atoms with Crippen LogP contribution in [0.15, 0.2) is 6.07 Å². The zero-order chi connectivity index (χ0) is 13.6. The second kappa shape index (κ2) is 4.75. The molecule has 0 radical (unpaired) electrons. The molecule has 3 heterocycles. The number of carbonyl (C=O) groups is 1. The molecule has 2 aliphatic heterocycles. The molecule has 4 heteroatoms. The Morgan fingerprint density at radius 2 is 1.95 bits per heavy atom. The van der Waals surface area contributed by atoms with Gasteiger partial charge in [0.1, 0.15) is 5.78 Å². The van der Waals surface area contributed by atoms with E-state index in [2.05, 4.69) is 17.0 Å². The van der Waals surface area contributed by atoms with Gasteiger partial charge in [0.05, 0.1) is 5.69 Å². The maximum absolute atomic E-state index is 12.5. The average Bonchev–Trinajstić information content (AvgIpc) is 2.75. The largest absolute Gasteiger partial charge is 0.300 e. The van der Waals surface area contributed by atoms with Gasteiger partial charge in [0.15, 0.2) is 0 Å². The van der Waals surface area contributed by atoms with E-state index in [4.69, 9.17) is 0 Å². The van der Waals surface area contributed by atoms with E-state index in [1.807, 2.05) is 24.7 Å². The SMILES string of the molecule is Cc1cc(CC(=O)C2CC3CCC(C2)N3C)n(C)n1. The second-order valence-corrected chi connectivity index (χ2v) is 6.26. The Morgan fingerprint density at radius 1 is 1.32 bits per heavy atom. The van der Waals surface area contributed by atoms with E-state index >= 15 is 0 Å². The van der Waals surface area contributed by atoms with Crippen LogP contribution in [0.4, 0.5) is 0 Å². The Bertz CT molecular complexity index is 480. The first-order chi connectivity index (χ1) is 9.04. The summed E-state index contributed by atoms with van der Waals surface area (Å²) in [4.78, 5) is 15.0. The highest BCUT2D eigenvalue weighted by atomic mass is 16.1. The Balaban J connectivity index is 1.67. The van der Waals surface area contributed by atoms with Crippen molar-refractivity contribution in [3.05, 3.63) is 17.5 Å². The molecule has 1 aromatic heterocycles. The molecule has 2 aliphatic rings. The van der Waals surface area contributed by atoms with Crippen LogP contribution in [0, 0.1) is 12.8 Å². The van der Waals surface area contributed by atoms with Crippen LogP contribution in [-0.2, 0) is 18.3 Å². The molecule has 3 rings (SSSR count). The molecular formula is C15H23N3O. The van der Waals surface area contributed by atoms with Crippen molar-refractivity contribution in [1.82, 2.24) is 14.7 Å². The van der Waals surface area contributed by atoms with Crippen LogP contribution in [0.5, 0.6) is 0 Å². The highest BCUT2D eigenvalue weighted by molar-refractivity contribution is 5.83. The van der Waals surface area contributed by atoms with Gasteiger partial charge < -0.3 is 4.90 Å². The van der Waals surface area contributed by atoms with Gasteiger partial charge in [0, 0.05) is 37.2 Å². The molecule has 0 N–H and O–H groups in total. The molecule has 2 bridgehead atoms. The fourth-order valence-electron chi connectivity index (χ4n) is 3.83. The van der Waals surface area contributed by atoms with Crippen molar-refractivity contribution in [2.45, 2.75) is 51.1 Å². The van der Waals surface area contributed by atoms with Crippen molar-refractivity contribution < 1.29 is 4.79 Å². The van der Waals surface area contributed by atoms with Gasteiger partial charge in [0.25, 0.3) is 0 Å². The molecule has 2 unspecified atom stereocenters. The van der Waals surface area contributed by atoms with Crippen molar-refractivity contribution in [1.29, 1.82) is 0 Å². The number of aryl methyl sites for hydroxylation is 2. The summed E-state index contributed by atoms with van der Waals surface area (Å²) in [6, 6.07) is 3.31. The molecule has 0 aliphatic carbocycles. The first-order valence-corrected chi connectivity index (χ1v) is 7.28. The van der Waals surface area contributed by atoms with E-state index in [1.165, 1.54) is 12.8 Å². The number of fused-ring (bicyclic) bond motifs is 2. The Kier molecular flexibility index (Phi) is 3.21. The van der Waals surface area contributed by atoms with Crippen LogP contribution in [0.25, 0.3) is 0 Å². The number of rotatable bonds is 3. The van der Waals surface area contributed by atoms with Crippen LogP contribution >= 0.6 is 0 Å². The molecule has 0 amide bonds. The molecule has 1 aromatic rings. The number of aromatic nitrogens is 2. The van der Waals surface area contributed by atoms with E-state index in [1.54, 1.807) is 0 Å². The van der Waals surface area contributed by atoms with Crippen molar-refractivity contribution >= 4 is 5.78 Å². The quantitative estimate of drug-likeness (QED) is 0.831. The zero-order valence-electron chi connectivity index (χ0n) is 12.1. The van der Waals surface area contributed by atoms with Gasteiger partial charge in [-0.05, 0) is 45.7 Å². The fraction of sp³-hybridized carbons (Fsp3) is 0.733. The number of Topliss-reactive ketones (excluding diaryl/α,β-unsaturated/α-hetero) is 1. The summed E-state index contributed by atoms with van der Waals surface area (Å²) in [6.07, 6.45) is 5.21. The lowest BCUT2D eigenvalue weighted by molar-refractivity contribution is -0.124. The smallest absolute Gasteiger partial charge is 0.142 e. The van der Waals surface area contributed by atoms with Crippen LogP contribution in [0.3, 0.4) is 0 Å². The van der Waals surface area contributed by atoms with Crippen LogP contribution < -0.4 is 0 Å². The Hall–Kier alpha value is -1.16. The fourth-order valence-corrected chi connectivity index (χ4v) is 3.83. The lowest BCUT2D eigenvalue weighted by Gasteiger charge is -2.35. The molecule has 2 saturated heterocycles. The van der Waals surface area contributed by atoms with Crippen molar-refractivity contribution in [3.63, 3.8) is 0 Å². The third-order valence-electron chi connectivity index (χ3n) is 5.01. The molecule has 104 valence electrons. The zero-order valence-corrected chi connectivity index (χ0v) is 12.1. The summed E-state index contributed by atoms with van der Waals surface area (Å²) >= 11 is 0. The average molecular weight is 261 g/mol. The van der Waals surface area contributed by atoms with E-state index in [9.17, 15) is 4.79 Å². The predicted molar refractivity (Wildman–Crippen MR) is 74.0 cm³/mol. The number of hydrogen-bond acceptors (Lipinski definition) is 3. The van der Waals surface area contributed by atoms with Gasteiger partial charge in [-0.3, -0.25) is 9.48 Å². The molecule has 4 nitrogen and oxygen atoms in total. The predicted octanol–water partition coefficient (Wildman–Crippen LogP) is 1.71. The van der Waals surface area contributed by atoms with E-state index < -0.39 is 0 Å². The van der Waals surface area contributed by atoms with Crippen LogP contribution in [0.1, 0.15) is 37.1 Å². The number of hydrogen-bond donors (Lipinski definition) is 0. The van der Waals surface area contributed by atoms with Crippen molar-refractivity contribution in [3.8, 4) is 0 Å². The number of carbonyl (C=O) groups excluding carboxylic acids is 1. The lowest BCUT2D eigenvalue weighted by atomic mass is 9.86. The topological polar surface area (TPSA) is 38.1 Å². The lowest BCUT2D eigenvalue weighted by Crippen LogP contribution is -2.42. The summed E-state index contributed by atoms with van der Waals surface area (Å²) in [6.45, 7) is 1.98. The minimum Gasteiger partial charge on any atom is -0.300 e. The number of piperidine rings is 1. The van der Waals surface area contributed by atoms with Gasteiger partial charge in [0.2, 0.25) is 0 Å². The normalized spacial score (nSPS) is 30.8. The summed E-state index contributed by atoms with van der Waals surface area (Å²) in [5.74, 6) is 0.678. The minimum atomic E-state index is 0.268. The van der Waals surface area contributed by atoms with Crippen LogP contribution in [0.2, 0.25) is 0 Å². The summed E-state index contributed by atoms with van der Waals surface area (Å²) in [7, 11) is 4.14. The van der Waals surface area contributed by atoms with E-state index in [0.29, 0.717) is 24.3 Å². The second-order valence-electron chi connectivity index (χ2n) is 6.26. The monoisotopic (exact) mass is 261 g/mol. The summed E-state index contributed by atoms with van der Waals surface area (Å²) in [5.41, 5.74) is 2.04. The standard InChI is InChI=1S/C15H23N3O/c1-10-6-14(18(3)16-10)9-15(19)11-7-12-4-5-13(8-11)17(12)2/h6,11-13H,4-5,7-9H2,1-3H3. The van der Waals surface area contributed by atoms with Crippen LogP contribution in [-0.4, -0.2) is 39.6 Å². The Morgan fingerprint density at radius 3 is 2.47 bits per heavy atom. The number of nitrogens with zero attached hydrogens (tertiary/aromatic N) is 3. The first kappa shape index (κ1) is 12.9. The third kappa shape index (κ3) is 2.34. The van der Waals surface area contributed by atoms with Crippen molar-refractivity contribution in [2.24, 2.45) is 13.0 Å². The van der Waals surface area contributed by atoms with Gasteiger partial charge >= 0.3 is 0 Å². The van der Waals surface area contributed by atoms with Gasteiger partial charge in [-0.2, -0.15) is 5.10 Å². The summed E-state index contributed by atoms with van der Waals surface area (Å²) in [5, 5.41) is 4.32. The molecule has 2 atom stereocenters. The maximum Gasteiger partial charge on any atom is 0.142 e. The molecule has 19 heavy (non-hydrogen) atoms. The molecule has 0 saturated carbocycles. The molecule has 0 aromatic carbocycles. The number of ketones is 1. The Labute approximate surface area is 114 Å². The molecular weight excluding hydrogens is 238 g/mol. The summed E-state index contributed by atoms with van der Waals surface area (Å²) < 4.78 is 1.84. The van der Waals surface area contributed by atoms with E-state index in [0.717, 1.165) is 24.2 Å². The molecule has 2 fully saturated rings.